The third-order valence-electron chi connectivity index (χ3n) is 4.77. The average molecular weight is 417 g/mol. The first-order chi connectivity index (χ1) is 13.5. The summed E-state index contributed by atoms with van der Waals surface area (Å²) in [6, 6.07) is 6.42. The molecule has 0 spiro atoms. The molecule has 2 aromatic carbocycles. The molecule has 0 amide bonds. The number of likely N-dealkylation sites (N-methyl/N-ethyl adjacent to an activating group) is 1. The van der Waals surface area contributed by atoms with Crippen LogP contribution in [0.1, 0.15) is 11.1 Å². The number of nitrogens with one attached hydrogen (secondary N) is 1. The summed E-state index contributed by atoms with van der Waals surface area (Å²) in [7, 11) is 3.87. The van der Waals surface area contributed by atoms with Crippen LogP contribution in [0.5, 0.6) is 0 Å². The maximum absolute atomic E-state index is 13.1. The second-order valence-corrected chi connectivity index (χ2v) is 7.16. The Kier molecular flexibility index (Phi) is 5.82. The molecule has 0 aliphatic rings. The highest BCUT2D eigenvalue weighted by molar-refractivity contribution is 6.08. The highest BCUT2D eigenvalue weighted by Gasteiger charge is 2.33. The van der Waals surface area contributed by atoms with Gasteiger partial charge in [-0.2, -0.15) is 26.3 Å². The van der Waals surface area contributed by atoms with E-state index in [4.69, 9.17) is 0 Å². The second-order valence-electron chi connectivity index (χ2n) is 7.16. The summed E-state index contributed by atoms with van der Waals surface area (Å²) in [6.45, 7) is 2.50. The van der Waals surface area contributed by atoms with Crippen LogP contribution in [0, 0.1) is 0 Å². The molecule has 9 heteroatoms. The Balaban J connectivity index is 2.06. The normalized spacial score (nSPS) is 13.1. The zero-order chi connectivity index (χ0) is 21.4. The van der Waals surface area contributed by atoms with Gasteiger partial charge >= 0.3 is 12.4 Å². The lowest BCUT2D eigenvalue weighted by atomic mass is 10.1. The van der Waals surface area contributed by atoms with E-state index in [0.29, 0.717) is 24.1 Å². The molecule has 0 radical (unpaired) electrons. The topological polar surface area (TPSA) is 20.2 Å². The lowest BCUT2D eigenvalue weighted by molar-refractivity contribution is -0.138. The van der Waals surface area contributed by atoms with Gasteiger partial charge in [0.1, 0.15) is 0 Å². The van der Waals surface area contributed by atoms with Crippen LogP contribution in [0.25, 0.3) is 21.8 Å². The molecule has 0 saturated carbocycles. The molecule has 0 atom stereocenters. The molecule has 0 unspecified atom stereocenters. The molecule has 0 saturated heterocycles. The first-order valence-corrected chi connectivity index (χ1v) is 9.04. The van der Waals surface area contributed by atoms with E-state index >= 15 is 0 Å². The van der Waals surface area contributed by atoms with Crippen molar-refractivity contribution in [3.8, 4) is 0 Å². The molecule has 0 aliphatic heterocycles. The number of nitrogens with zero attached hydrogens (tertiary/aromatic N) is 2. The molecule has 3 nitrogen and oxygen atoms in total. The van der Waals surface area contributed by atoms with Gasteiger partial charge in [0, 0.05) is 48.0 Å². The molecule has 3 aromatic rings. The number of hydrogen-bond acceptors (Lipinski definition) is 2. The van der Waals surface area contributed by atoms with Gasteiger partial charge in [-0.25, -0.2) is 0 Å². The Bertz CT molecular complexity index is 930. The van der Waals surface area contributed by atoms with Crippen LogP contribution >= 0.6 is 0 Å². The van der Waals surface area contributed by atoms with E-state index in [1.54, 1.807) is 4.57 Å². The standard InChI is InChI=1S/C20H21F6N3/c1-28(2)9-7-27-8-10-29-17-5-3-13(19(21,22)23)11-15(17)16-12-14(20(24,25)26)4-6-18(16)29/h3-6,11-12,27H,7-10H2,1-2H3. The van der Waals surface area contributed by atoms with Crippen molar-refractivity contribution in [3.63, 3.8) is 0 Å². The molecule has 1 heterocycles. The van der Waals surface area contributed by atoms with Crippen molar-refractivity contribution in [2.24, 2.45) is 0 Å². The molecule has 1 aromatic heterocycles. The van der Waals surface area contributed by atoms with Gasteiger partial charge in [-0.1, -0.05) is 0 Å². The van der Waals surface area contributed by atoms with Gasteiger partial charge in [0.2, 0.25) is 0 Å². The van der Waals surface area contributed by atoms with E-state index in [9.17, 15) is 26.3 Å². The van der Waals surface area contributed by atoms with Crippen LogP contribution in [-0.2, 0) is 18.9 Å². The van der Waals surface area contributed by atoms with E-state index in [0.717, 1.165) is 37.4 Å². The zero-order valence-electron chi connectivity index (χ0n) is 16.0. The Hall–Kier alpha value is -2.26. The molecule has 3 rings (SSSR count). The SMILES string of the molecule is CN(C)CCNCCn1c2ccc(C(F)(F)F)cc2c2cc(C(F)(F)F)ccc21. The molecular weight excluding hydrogens is 396 g/mol. The third kappa shape index (κ3) is 4.67. The van der Waals surface area contributed by atoms with E-state index in [2.05, 4.69) is 5.32 Å². The van der Waals surface area contributed by atoms with Crippen molar-refractivity contribution in [1.82, 2.24) is 14.8 Å². The maximum atomic E-state index is 13.1. The predicted octanol–water partition coefficient (Wildman–Crippen LogP) is 4.98. The summed E-state index contributed by atoms with van der Waals surface area (Å²) < 4.78 is 80.6. The number of alkyl halides is 6. The molecule has 0 fully saturated rings. The smallest absolute Gasteiger partial charge is 0.339 e. The van der Waals surface area contributed by atoms with Crippen molar-refractivity contribution in [1.29, 1.82) is 0 Å². The molecule has 1 N–H and O–H groups in total. The van der Waals surface area contributed by atoms with Gasteiger partial charge in [-0.05, 0) is 50.5 Å². The first kappa shape index (κ1) is 21.4. The van der Waals surface area contributed by atoms with Crippen LogP contribution < -0.4 is 5.32 Å². The minimum Gasteiger partial charge on any atom is -0.339 e. The van der Waals surface area contributed by atoms with E-state index in [1.807, 2.05) is 19.0 Å². The van der Waals surface area contributed by atoms with Gasteiger partial charge in [-0.3, -0.25) is 0 Å². The molecular formula is C20H21F6N3. The van der Waals surface area contributed by atoms with Crippen LogP contribution in [0.2, 0.25) is 0 Å². The number of benzene rings is 2. The summed E-state index contributed by atoms with van der Waals surface area (Å²) in [4.78, 5) is 2.00. The van der Waals surface area contributed by atoms with Crippen LogP contribution in [0.15, 0.2) is 36.4 Å². The zero-order valence-corrected chi connectivity index (χ0v) is 16.0. The minimum absolute atomic E-state index is 0.161. The largest absolute Gasteiger partial charge is 0.416 e. The lowest BCUT2D eigenvalue weighted by Crippen LogP contribution is -2.28. The van der Waals surface area contributed by atoms with Crippen LogP contribution in [0.3, 0.4) is 0 Å². The summed E-state index contributed by atoms with van der Waals surface area (Å²) in [5.41, 5.74) is -0.820. The fourth-order valence-electron chi connectivity index (χ4n) is 3.32. The van der Waals surface area contributed by atoms with E-state index in [1.165, 1.54) is 12.1 Å². The fraction of sp³-hybridized carbons (Fsp3) is 0.400. The highest BCUT2D eigenvalue weighted by atomic mass is 19.4. The number of halogens is 6. The van der Waals surface area contributed by atoms with Gasteiger partial charge < -0.3 is 14.8 Å². The fourth-order valence-corrected chi connectivity index (χ4v) is 3.32. The van der Waals surface area contributed by atoms with Gasteiger partial charge in [0.25, 0.3) is 0 Å². The summed E-state index contributed by atoms with van der Waals surface area (Å²) >= 11 is 0. The van der Waals surface area contributed by atoms with Crippen molar-refractivity contribution in [2.45, 2.75) is 18.9 Å². The quantitative estimate of drug-likeness (QED) is 0.451. The van der Waals surface area contributed by atoms with Gasteiger partial charge in [0.05, 0.1) is 11.1 Å². The Labute approximate surface area is 163 Å². The van der Waals surface area contributed by atoms with Crippen molar-refractivity contribution in [3.05, 3.63) is 47.5 Å². The second kappa shape index (κ2) is 7.87. The van der Waals surface area contributed by atoms with Crippen molar-refractivity contribution < 1.29 is 26.3 Å². The molecule has 158 valence electrons. The van der Waals surface area contributed by atoms with Crippen LogP contribution in [0.4, 0.5) is 26.3 Å². The van der Waals surface area contributed by atoms with Crippen LogP contribution in [-0.4, -0.2) is 43.2 Å². The Morgan fingerprint density at radius 1 is 0.793 bits per heavy atom. The summed E-state index contributed by atoms with van der Waals surface area (Å²) in [6.07, 6.45) is -9.14. The van der Waals surface area contributed by atoms with E-state index in [-0.39, 0.29) is 10.8 Å². The van der Waals surface area contributed by atoms with Crippen molar-refractivity contribution >= 4 is 21.8 Å². The summed E-state index contributed by atoms with van der Waals surface area (Å²) in [5, 5.41) is 3.56. The van der Waals surface area contributed by atoms with Gasteiger partial charge in [-0.15, -0.1) is 0 Å². The monoisotopic (exact) mass is 417 g/mol. The molecule has 29 heavy (non-hydrogen) atoms. The average Bonchev–Trinajstić information content (AvgIpc) is 2.92. The lowest BCUT2D eigenvalue weighted by Gasteiger charge is -2.12. The number of aromatic nitrogens is 1. The Morgan fingerprint density at radius 2 is 1.28 bits per heavy atom. The third-order valence-corrected chi connectivity index (χ3v) is 4.77. The first-order valence-electron chi connectivity index (χ1n) is 9.04. The molecule has 0 aliphatic carbocycles. The number of rotatable bonds is 6. The van der Waals surface area contributed by atoms with E-state index < -0.39 is 23.5 Å². The number of fused-ring (bicyclic) bond motifs is 3. The molecule has 0 bridgehead atoms. The van der Waals surface area contributed by atoms with Crippen molar-refractivity contribution in [2.75, 3.05) is 33.7 Å². The minimum atomic E-state index is -4.57. The number of hydrogen-bond donors (Lipinski definition) is 1. The Morgan fingerprint density at radius 3 is 1.69 bits per heavy atom. The summed E-state index contributed by atoms with van der Waals surface area (Å²) in [5.74, 6) is 0. The predicted molar refractivity (Wildman–Crippen MR) is 101 cm³/mol. The maximum Gasteiger partial charge on any atom is 0.416 e. The highest BCUT2D eigenvalue weighted by Crippen LogP contribution is 2.38. The van der Waals surface area contributed by atoms with Gasteiger partial charge in [0.15, 0.2) is 0 Å².